The third kappa shape index (κ3) is 6.94. The number of piperidine rings is 1. The molecule has 1 amide bonds. The van der Waals surface area contributed by atoms with Crippen molar-refractivity contribution < 1.29 is 19.6 Å². The number of carbonyl (C=O) groups excluding carboxylic acids is 1. The molecule has 1 heterocycles. The molecule has 0 spiro atoms. The molecule has 27 heavy (non-hydrogen) atoms. The summed E-state index contributed by atoms with van der Waals surface area (Å²) in [7, 11) is 2.94. The summed E-state index contributed by atoms with van der Waals surface area (Å²) in [6.45, 7) is 2.09. The molecule has 0 unspecified atom stereocenters. The highest BCUT2D eigenvalue weighted by atomic mass is 33.1. The van der Waals surface area contributed by atoms with Gasteiger partial charge in [-0.15, -0.1) is 0 Å². The van der Waals surface area contributed by atoms with E-state index in [4.69, 9.17) is 5.11 Å². The maximum absolute atomic E-state index is 12.6. The summed E-state index contributed by atoms with van der Waals surface area (Å²) in [6, 6.07) is 4.44. The van der Waals surface area contributed by atoms with Crippen LogP contribution in [0.15, 0.2) is 18.2 Å². The highest BCUT2D eigenvalue weighted by Gasteiger charge is 2.21. The number of aliphatic carboxylic acids is 1. The van der Waals surface area contributed by atoms with Crippen LogP contribution in [0.5, 0.6) is 0 Å². The molecule has 2 rings (SSSR count). The van der Waals surface area contributed by atoms with E-state index < -0.39 is 10.9 Å². The minimum atomic E-state index is -0.827. The van der Waals surface area contributed by atoms with Crippen molar-refractivity contribution in [3.8, 4) is 0 Å². The second-order valence-corrected chi connectivity index (χ2v) is 8.75. The van der Waals surface area contributed by atoms with E-state index in [1.807, 2.05) is 0 Å². The van der Waals surface area contributed by atoms with Crippen molar-refractivity contribution in [2.24, 2.45) is 0 Å². The summed E-state index contributed by atoms with van der Waals surface area (Å²) in [5.74, 6) is -0.00945. The first-order valence-corrected chi connectivity index (χ1v) is 11.3. The number of rotatable bonds is 10. The van der Waals surface area contributed by atoms with E-state index in [-0.39, 0.29) is 18.0 Å². The second kappa shape index (κ2) is 11.0. The van der Waals surface area contributed by atoms with Gasteiger partial charge in [0.1, 0.15) is 0 Å². The largest absolute Gasteiger partial charge is 0.481 e. The Morgan fingerprint density at radius 1 is 1.19 bits per heavy atom. The lowest BCUT2D eigenvalue weighted by Gasteiger charge is -2.30. The number of anilines is 1. The summed E-state index contributed by atoms with van der Waals surface area (Å²) in [4.78, 5) is 35.7. The van der Waals surface area contributed by atoms with Gasteiger partial charge in [0, 0.05) is 43.3 Å². The number of carbonyl (C=O) groups is 2. The standard InChI is InChI=1S/C17H23N3O5S2/c21-16(22)6-10-26-27-11-7-18-17(23)14-12-13(20(24)25)4-5-15(14)19-8-2-1-3-9-19/h4-5,12H,1-3,6-11H2,(H,18,23)(H,21,22). The number of hydrogen-bond donors (Lipinski definition) is 2. The molecule has 148 valence electrons. The topological polar surface area (TPSA) is 113 Å². The number of amides is 1. The fourth-order valence-electron chi connectivity index (χ4n) is 2.78. The molecule has 0 atom stereocenters. The molecule has 1 aliphatic heterocycles. The Morgan fingerprint density at radius 3 is 2.56 bits per heavy atom. The second-order valence-electron chi connectivity index (χ2n) is 6.05. The van der Waals surface area contributed by atoms with Gasteiger partial charge in [-0.25, -0.2) is 0 Å². The number of nitrogens with one attached hydrogen (secondary N) is 1. The van der Waals surface area contributed by atoms with Crippen molar-refractivity contribution in [2.75, 3.05) is 36.0 Å². The van der Waals surface area contributed by atoms with Crippen LogP contribution in [0.25, 0.3) is 0 Å². The summed E-state index contributed by atoms with van der Waals surface area (Å²) >= 11 is 0. The summed E-state index contributed by atoms with van der Waals surface area (Å²) in [5, 5.41) is 22.5. The fraction of sp³-hybridized carbons (Fsp3) is 0.529. The van der Waals surface area contributed by atoms with E-state index >= 15 is 0 Å². The maximum Gasteiger partial charge on any atom is 0.304 e. The average Bonchev–Trinajstić information content (AvgIpc) is 2.67. The third-order valence-corrected chi connectivity index (χ3v) is 6.49. The molecule has 1 aliphatic rings. The Labute approximate surface area is 165 Å². The van der Waals surface area contributed by atoms with Crippen molar-refractivity contribution in [1.29, 1.82) is 0 Å². The van der Waals surface area contributed by atoms with Crippen LogP contribution in [-0.2, 0) is 4.79 Å². The van der Waals surface area contributed by atoms with Crippen molar-refractivity contribution in [3.05, 3.63) is 33.9 Å². The van der Waals surface area contributed by atoms with Gasteiger partial charge in [0.05, 0.1) is 22.6 Å². The average molecular weight is 414 g/mol. The van der Waals surface area contributed by atoms with Crippen molar-refractivity contribution in [3.63, 3.8) is 0 Å². The lowest BCUT2D eigenvalue weighted by Crippen LogP contribution is -2.33. The molecule has 0 bridgehead atoms. The predicted molar refractivity (Wildman–Crippen MR) is 109 cm³/mol. The minimum absolute atomic E-state index is 0.0977. The monoisotopic (exact) mass is 413 g/mol. The van der Waals surface area contributed by atoms with Crippen LogP contribution in [0.1, 0.15) is 36.0 Å². The first-order chi connectivity index (χ1) is 13.0. The van der Waals surface area contributed by atoms with E-state index in [0.29, 0.717) is 23.6 Å². The molecule has 0 aliphatic carbocycles. The smallest absolute Gasteiger partial charge is 0.304 e. The highest BCUT2D eigenvalue weighted by Crippen LogP contribution is 2.28. The SMILES string of the molecule is O=C(O)CCSSCCNC(=O)c1cc([N+](=O)[O-])ccc1N1CCCCC1. The number of hydrogen-bond acceptors (Lipinski definition) is 7. The van der Waals surface area contributed by atoms with Crippen LogP contribution in [0.3, 0.4) is 0 Å². The van der Waals surface area contributed by atoms with Gasteiger partial charge in [-0.3, -0.25) is 19.7 Å². The zero-order valence-electron chi connectivity index (χ0n) is 14.9. The van der Waals surface area contributed by atoms with Crippen LogP contribution in [0.2, 0.25) is 0 Å². The number of nitro benzene ring substituents is 1. The van der Waals surface area contributed by atoms with Crippen molar-refractivity contribution in [1.82, 2.24) is 5.32 Å². The van der Waals surface area contributed by atoms with Crippen molar-refractivity contribution >= 4 is 44.8 Å². The molecule has 1 fully saturated rings. The first-order valence-electron chi connectivity index (χ1n) is 8.77. The maximum atomic E-state index is 12.6. The van der Waals surface area contributed by atoms with E-state index in [9.17, 15) is 19.7 Å². The highest BCUT2D eigenvalue weighted by molar-refractivity contribution is 8.76. The zero-order valence-corrected chi connectivity index (χ0v) is 16.5. The van der Waals surface area contributed by atoms with Crippen LogP contribution < -0.4 is 10.2 Å². The molecule has 2 N–H and O–H groups in total. The molecule has 1 aromatic carbocycles. The Kier molecular flexibility index (Phi) is 8.73. The number of nitro groups is 1. The number of nitrogens with zero attached hydrogens (tertiary/aromatic N) is 2. The van der Waals surface area contributed by atoms with E-state index in [2.05, 4.69) is 10.2 Å². The lowest BCUT2D eigenvalue weighted by molar-refractivity contribution is -0.384. The van der Waals surface area contributed by atoms with Gasteiger partial charge in [-0.1, -0.05) is 21.6 Å². The van der Waals surface area contributed by atoms with E-state index in [1.54, 1.807) is 6.07 Å². The Bertz CT molecular complexity index is 681. The fourth-order valence-corrected chi connectivity index (χ4v) is 4.66. The summed E-state index contributed by atoms with van der Waals surface area (Å²) < 4.78 is 0. The molecular formula is C17H23N3O5S2. The zero-order chi connectivity index (χ0) is 19.6. The molecule has 10 heteroatoms. The van der Waals surface area contributed by atoms with Crippen LogP contribution >= 0.6 is 21.6 Å². The quantitative estimate of drug-likeness (QED) is 0.260. The number of non-ortho nitro benzene ring substituents is 1. The summed E-state index contributed by atoms with van der Waals surface area (Å²) in [5.41, 5.74) is 0.968. The molecular weight excluding hydrogens is 390 g/mol. The molecule has 8 nitrogen and oxygen atoms in total. The van der Waals surface area contributed by atoms with Crippen LogP contribution in [0, 0.1) is 10.1 Å². The van der Waals surface area contributed by atoms with Gasteiger partial charge < -0.3 is 15.3 Å². The Morgan fingerprint density at radius 2 is 1.89 bits per heavy atom. The Balaban J connectivity index is 1.95. The lowest BCUT2D eigenvalue weighted by atomic mass is 10.1. The molecule has 0 saturated carbocycles. The first kappa shape index (κ1) is 21.4. The van der Waals surface area contributed by atoms with Crippen LogP contribution in [-0.4, -0.2) is 53.0 Å². The van der Waals surface area contributed by atoms with Gasteiger partial charge in [0.15, 0.2) is 0 Å². The molecule has 0 aromatic heterocycles. The van der Waals surface area contributed by atoms with Crippen LogP contribution in [0.4, 0.5) is 11.4 Å². The third-order valence-electron chi connectivity index (χ3n) is 4.09. The number of carboxylic acid groups (broad SMARTS) is 1. The van der Waals surface area contributed by atoms with E-state index in [0.717, 1.165) is 38.0 Å². The molecule has 0 radical (unpaired) electrons. The van der Waals surface area contributed by atoms with E-state index in [1.165, 1.54) is 33.7 Å². The predicted octanol–water partition coefficient (Wildman–Crippen LogP) is 3.17. The summed E-state index contributed by atoms with van der Waals surface area (Å²) in [6.07, 6.45) is 3.35. The molecule has 1 aromatic rings. The molecule has 1 saturated heterocycles. The minimum Gasteiger partial charge on any atom is -0.481 e. The van der Waals surface area contributed by atoms with Gasteiger partial charge in [-0.05, 0) is 25.3 Å². The number of benzene rings is 1. The number of carboxylic acids is 1. The van der Waals surface area contributed by atoms with Gasteiger partial charge in [0.2, 0.25) is 0 Å². The van der Waals surface area contributed by atoms with Gasteiger partial charge >= 0.3 is 5.97 Å². The normalized spacial score (nSPS) is 14.0. The Hall–Kier alpha value is -1.94. The van der Waals surface area contributed by atoms with Crippen molar-refractivity contribution in [2.45, 2.75) is 25.7 Å². The van der Waals surface area contributed by atoms with Gasteiger partial charge in [-0.2, -0.15) is 0 Å². The van der Waals surface area contributed by atoms with Gasteiger partial charge in [0.25, 0.3) is 11.6 Å².